The molecule has 3 rings (SSSR count). The van der Waals surface area contributed by atoms with Gasteiger partial charge in [-0.3, -0.25) is 4.79 Å². The molecule has 0 radical (unpaired) electrons. The summed E-state index contributed by atoms with van der Waals surface area (Å²) in [6, 6.07) is 11.5. The number of benzene rings is 1. The quantitative estimate of drug-likeness (QED) is 0.781. The van der Waals surface area contributed by atoms with Gasteiger partial charge in [0.2, 0.25) is 5.88 Å². The molecular weight excluding hydrogens is 322 g/mol. The topological polar surface area (TPSA) is 55.3 Å². The minimum atomic E-state index is 0.109. The predicted molar refractivity (Wildman–Crippen MR) is 94.5 cm³/mol. The van der Waals surface area contributed by atoms with Gasteiger partial charge in [0.1, 0.15) is 0 Å². The maximum Gasteiger partial charge on any atom is 0.255 e. The van der Waals surface area contributed by atoms with Crippen LogP contribution in [0.15, 0.2) is 41.3 Å². The fourth-order valence-electron chi connectivity index (χ4n) is 2.81. The predicted octanol–water partition coefficient (Wildman–Crippen LogP) is 3.05. The van der Waals surface area contributed by atoms with Crippen LogP contribution in [0.4, 0.5) is 0 Å². The van der Waals surface area contributed by atoms with Gasteiger partial charge in [0.25, 0.3) is 5.91 Å². The molecule has 24 heavy (non-hydrogen) atoms. The number of carbonyl (C=O) groups is 1. The number of aromatic nitrogens is 2. The maximum absolute atomic E-state index is 12.7. The SMILES string of the molecule is CSc1ccccc1C(=O)N1CCC(COc2ccc(C)nn2)C1. The van der Waals surface area contributed by atoms with E-state index in [1.807, 2.05) is 54.5 Å². The van der Waals surface area contributed by atoms with Gasteiger partial charge in [-0.25, -0.2) is 0 Å². The zero-order valence-electron chi connectivity index (χ0n) is 13.9. The van der Waals surface area contributed by atoms with Crippen molar-refractivity contribution in [2.24, 2.45) is 5.92 Å². The average molecular weight is 343 g/mol. The molecule has 0 bridgehead atoms. The number of carbonyl (C=O) groups excluding carboxylic acids is 1. The Labute approximate surface area is 146 Å². The Hall–Kier alpha value is -2.08. The summed E-state index contributed by atoms with van der Waals surface area (Å²) in [4.78, 5) is 15.7. The zero-order chi connectivity index (χ0) is 16.9. The molecular formula is C18H21N3O2S. The van der Waals surface area contributed by atoms with E-state index in [2.05, 4.69) is 10.2 Å². The number of ether oxygens (including phenoxy) is 1. The van der Waals surface area contributed by atoms with E-state index in [9.17, 15) is 4.79 Å². The molecule has 1 aromatic heterocycles. The van der Waals surface area contributed by atoms with Crippen molar-refractivity contribution >= 4 is 17.7 Å². The Kier molecular flexibility index (Phi) is 5.35. The Morgan fingerprint density at radius 3 is 2.88 bits per heavy atom. The highest BCUT2D eigenvalue weighted by Crippen LogP contribution is 2.25. The molecule has 0 saturated carbocycles. The second kappa shape index (κ2) is 7.66. The van der Waals surface area contributed by atoms with Gasteiger partial charge < -0.3 is 9.64 Å². The van der Waals surface area contributed by atoms with Crippen molar-refractivity contribution in [3.8, 4) is 5.88 Å². The van der Waals surface area contributed by atoms with E-state index >= 15 is 0 Å². The maximum atomic E-state index is 12.7. The zero-order valence-corrected chi connectivity index (χ0v) is 14.8. The number of hydrogen-bond acceptors (Lipinski definition) is 5. The van der Waals surface area contributed by atoms with Gasteiger partial charge >= 0.3 is 0 Å². The Morgan fingerprint density at radius 2 is 2.12 bits per heavy atom. The first-order chi connectivity index (χ1) is 11.7. The summed E-state index contributed by atoms with van der Waals surface area (Å²) in [6.07, 6.45) is 2.95. The molecule has 6 heteroatoms. The molecule has 0 spiro atoms. The molecule has 2 heterocycles. The molecule has 0 N–H and O–H groups in total. The summed E-state index contributed by atoms with van der Waals surface area (Å²) in [6.45, 7) is 3.95. The van der Waals surface area contributed by atoms with Crippen molar-refractivity contribution in [1.82, 2.24) is 15.1 Å². The lowest BCUT2D eigenvalue weighted by Crippen LogP contribution is -2.30. The van der Waals surface area contributed by atoms with Crippen LogP contribution in [0, 0.1) is 12.8 Å². The van der Waals surface area contributed by atoms with E-state index < -0.39 is 0 Å². The van der Waals surface area contributed by atoms with Gasteiger partial charge in [-0.15, -0.1) is 16.9 Å². The third-order valence-electron chi connectivity index (χ3n) is 4.15. The highest BCUT2D eigenvalue weighted by molar-refractivity contribution is 7.98. The van der Waals surface area contributed by atoms with Crippen molar-refractivity contribution in [1.29, 1.82) is 0 Å². The number of rotatable bonds is 5. The van der Waals surface area contributed by atoms with Gasteiger partial charge in [0, 0.05) is 30.0 Å². The number of nitrogens with zero attached hydrogens (tertiary/aromatic N) is 3. The highest BCUT2D eigenvalue weighted by atomic mass is 32.2. The molecule has 1 aliphatic heterocycles. The molecule has 2 aromatic rings. The molecule has 126 valence electrons. The Bertz CT molecular complexity index is 706. The second-order valence-electron chi connectivity index (χ2n) is 5.93. The molecule has 1 amide bonds. The second-order valence-corrected chi connectivity index (χ2v) is 6.78. The van der Waals surface area contributed by atoms with Crippen LogP contribution >= 0.6 is 11.8 Å². The lowest BCUT2D eigenvalue weighted by Gasteiger charge is -2.18. The van der Waals surface area contributed by atoms with Crippen molar-refractivity contribution in [3.05, 3.63) is 47.7 Å². The molecule has 1 unspecified atom stereocenters. The first-order valence-electron chi connectivity index (χ1n) is 8.03. The summed E-state index contributed by atoms with van der Waals surface area (Å²) >= 11 is 1.60. The first-order valence-corrected chi connectivity index (χ1v) is 9.25. The summed E-state index contributed by atoms with van der Waals surface area (Å²) < 4.78 is 5.71. The molecule has 1 aromatic carbocycles. The number of aryl methyl sites for hydroxylation is 1. The number of thioether (sulfide) groups is 1. The summed E-state index contributed by atoms with van der Waals surface area (Å²) in [5.74, 6) is 0.981. The molecule has 1 aliphatic rings. The van der Waals surface area contributed by atoms with Gasteiger partial charge in [-0.2, -0.15) is 5.10 Å². The van der Waals surface area contributed by atoms with Crippen LogP contribution in [-0.4, -0.2) is 47.0 Å². The Morgan fingerprint density at radius 1 is 1.29 bits per heavy atom. The van der Waals surface area contributed by atoms with Crippen molar-refractivity contribution in [2.45, 2.75) is 18.2 Å². The molecule has 0 aliphatic carbocycles. The summed E-state index contributed by atoms with van der Waals surface area (Å²) in [5.41, 5.74) is 1.66. The van der Waals surface area contributed by atoms with E-state index in [4.69, 9.17) is 4.74 Å². The van der Waals surface area contributed by atoms with Crippen LogP contribution in [0.5, 0.6) is 5.88 Å². The number of amides is 1. The van der Waals surface area contributed by atoms with E-state index in [-0.39, 0.29) is 5.91 Å². The molecule has 1 fully saturated rings. The van der Waals surface area contributed by atoms with Crippen LogP contribution in [0.1, 0.15) is 22.5 Å². The van der Waals surface area contributed by atoms with E-state index in [0.717, 1.165) is 35.7 Å². The fraction of sp³-hybridized carbons (Fsp3) is 0.389. The van der Waals surface area contributed by atoms with Crippen molar-refractivity contribution in [3.63, 3.8) is 0 Å². The van der Waals surface area contributed by atoms with E-state index in [1.165, 1.54) is 0 Å². The van der Waals surface area contributed by atoms with Crippen LogP contribution < -0.4 is 4.74 Å². The smallest absolute Gasteiger partial charge is 0.255 e. The van der Waals surface area contributed by atoms with Crippen LogP contribution in [0.2, 0.25) is 0 Å². The van der Waals surface area contributed by atoms with E-state index in [0.29, 0.717) is 18.4 Å². The standard InChI is InChI=1S/C18H21N3O2S/c1-13-7-8-17(20-19-13)23-12-14-9-10-21(11-14)18(22)15-5-3-4-6-16(15)24-2/h3-8,14H,9-12H2,1-2H3. The lowest BCUT2D eigenvalue weighted by atomic mass is 10.1. The van der Waals surface area contributed by atoms with Gasteiger partial charge in [-0.05, 0) is 37.8 Å². The number of hydrogen-bond donors (Lipinski definition) is 0. The van der Waals surface area contributed by atoms with Crippen LogP contribution in [-0.2, 0) is 0 Å². The minimum absolute atomic E-state index is 0.109. The summed E-state index contributed by atoms with van der Waals surface area (Å²) in [5, 5.41) is 7.99. The van der Waals surface area contributed by atoms with Crippen molar-refractivity contribution in [2.75, 3.05) is 26.0 Å². The summed E-state index contributed by atoms with van der Waals surface area (Å²) in [7, 11) is 0. The molecule has 1 atom stereocenters. The number of likely N-dealkylation sites (tertiary alicyclic amines) is 1. The molecule has 1 saturated heterocycles. The van der Waals surface area contributed by atoms with E-state index in [1.54, 1.807) is 11.8 Å². The largest absolute Gasteiger partial charge is 0.476 e. The van der Waals surface area contributed by atoms with Gasteiger partial charge in [-0.1, -0.05) is 12.1 Å². The van der Waals surface area contributed by atoms with Gasteiger partial charge in [0.05, 0.1) is 17.9 Å². The third-order valence-corrected chi connectivity index (χ3v) is 4.95. The minimum Gasteiger partial charge on any atom is -0.476 e. The van der Waals surface area contributed by atoms with Crippen LogP contribution in [0.25, 0.3) is 0 Å². The van der Waals surface area contributed by atoms with Gasteiger partial charge in [0.15, 0.2) is 0 Å². The monoisotopic (exact) mass is 343 g/mol. The van der Waals surface area contributed by atoms with Crippen LogP contribution in [0.3, 0.4) is 0 Å². The first kappa shape index (κ1) is 16.8. The normalized spacial score (nSPS) is 17.1. The highest BCUT2D eigenvalue weighted by Gasteiger charge is 2.28. The Balaban J connectivity index is 1.57. The average Bonchev–Trinajstić information content (AvgIpc) is 3.09. The molecule has 5 nitrogen and oxygen atoms in total. The third kappa shape index (κ3) is 3.87. The fourth-order valence-corrected chi connectivity index (χ4v) is 3.40. The van der Waals surface area contributed by atoms with Crippen molar-refractivity contribution < 1.29 is 9.53 Å². The lowest BCUT2D eigenvalue weighted by molar-refractivity contribution is 0.0779.